The molecular weight excluding hydrogens is 322 g/mol. The molecule has 2 aromatic rings. The Kier molecular flexibility index (Phi) is 6.65. The minimum Gasteiger partial charge on any atom is -0.465 e. The number of rotatable bonds is 6. The van der Waals surface area contributed by atoms with E-state index in [2.05, 4.69) is 20.4 Å². The number of pyridine rings is 1. The molecule has 130 valence electrons. The summed E-state index contributed by atoms with van der Waals surface area (Å²) in [5.41, 5.74) is 2.03. The Morgan fingerprint density at radius 2 is 1.72 bits per heavy atom. The number of nitrogens with one attached hydrogen (secondary N) is 2. The number of esters is 1. The average molecular weight is 341 g/mol. The van der Waals surface area contributed by atoms with Gasteiger partial charge in [-0.15, -0.1) is 0 Å². The lowest BCUT2D eigenvalue weighted by atomic mass is 10.1. The average Bonchev–Trinajstić information content (AvgIpc) is 2.66. The number of aromatic nitrogens is 1. The van der Waals surface area contributed by atoms with Crippen LogP contribution in [0.1, 0.15) is 21.6 Å². The Balaban J connectivity index is 1.73. The summed E-state index contributed by atoms with van der Waals surface area (Å²) in [6, 6.07) is 12.1. The molecule has 7 heteroatoms. The van der Waals surface area contributed by atoms with E-state index in [4.69, 9.17) is 0 Å². The van der Waals surface area contributed by atoms with Crippen molar-refractivity contribution >= 4 is 17.8 Å². The first-order valence-electron chi connectivity index (χ1n) is 7.73. The molecule has 0 unspecified atom stereocenters. The van der Waals surface area contributed by atoms with Crippen LogP contribution in [0.2, 0.25) is 0 Å². The third-order valence-electron chi connectivity index (χ3n) is 3.43. The van der Waals surface area contributed by atoms with Crippen molar-refractivity contribution < 1.29 is 19.1 Å². The molecule has 2 N–H and O–H groups in total. The first kappa shape index (κ1) is 18.1. The predicted octanol–water partition coefficient (Wildman–Crippen LogP) is 0.843. The van der Waals surface area contributed by atoms with Gasteiger partial charge in [-0.25, -0.2) is 4.79 Å². The topological polar surface area (TPSA) is 97.4 Å². The zero-order chi connectivity index (χ0) is 18.1. The summed E-state index contributed by atoms with van der Waals surface area (Å²) in [6.07, 6.45) is 2.23. The monoisotopic (exact) mass is 341 g/mol. The number of carbonyl (C=O) groups excluding carboxylic acids is 3. The lowest BCUT2D eigenvalue weighted by Crippen LogP contribution is -2.40. The molecule has 0 saturated carbocycles. The standard InChI is InChI=1S/C18H19N3O4/c1-25-18(24)14-7-5-13(6-8-14)12-21-17(23)16(22)20-11-9-15-4-2-3-10-19-15/h2-8,10H,9,11-12H2,1H3,(H,20,22)(H,21,23). The van der Waals surface area contributed by atoms with Crippen LogP contribution in [-0.2, 0) is 27.3 Å². The molecule has 7 nitrogen and oxygen atoms in total. The van der Waals surface area contributed by atoms with Gasteiger partial charge in [-0.05, 0) is 29.8 Å². The number of amides is 2. The van der Waals surface area contributed by atoms with Gasteiger partial charge in [0.15, 0.2) is 0 Å². The predicted molar refractivity (Wildman–Crippen MR) is 90.6 cm³/mol. The van der Waals surface area contributed by atoms with E-state index in [1.807, 2.05) is 18.2 Å². The maximum atomic E-state index is 11.8. The molecular formula is C18H19N3O4. The van der Waals surface area contributed by atoms with E-state index in [1.54, 1.807) is 30.5 Å². The second-order valence-corrected chi connectivity index (χ2v) is 5.20. The number of carbonyl (C=O) groups is 3. The van der Waals surface area contributed by atoms with Crippen molar-refractivity contribution in [2.24, 2.45) is 0 Å². The Morgan fingerprint density at radius 3 is 2.36 bits per heavy atom. The number of nitrogens with zero attached hydrogens (tertiary/aromatic N) is 1. The van der Waals surface area contributed by atoms with Crippen LogP contribution in [0.5, 0.6) is 0 Å². The van der Waals surface area contributed by atoms with Crippen LogP contribution in [0, 0.1) is 0 Å². The van der Waals surface area contributed by atoms with Gasteiger partial charge in [0.2, 0.25) is 0 Å². The molecule has 0 aliphatic rings. The zero-order valence-electron chi connectivity index (χ0n) is 13.8. The molecule has 1 heterocycles. The second-order valence-electron chi connectivity index (χ2n) is 5.20. The molecule has 0 fully saturated rings. The number of ether oxygens (including phenoxy) is 1. The fraction of sp³-hybridized carbons (Fsp3) is 0.222. The normalized spacial score (nSPS) is 9.96. The Hall–Kier alpha value is -3.22. The van der Waals surface area contributed by atoms with Gasteiger partial charge >= 0.3 is 17.8 Å². The molecule has 0 aliphatic heterocycles. The molecule has 0 saturated heterocycles. The molecule has 0 spiro atoms. The van der Waals surface area contributed by atoms with E-state index in [-0.39, 0.29) is 6.54 Å². The number of hydrogen-bond acceptors (Lipinski definition) is 5. The summed E-state index contributed by atoms with van der Waals surface area (Å²) in [6.45, 7) is 0.519. The van der Waals surface area contributed by atoms with E-state index >= 15 is 0 Å². The molecule has 0 aliphatic carbocycles. The van der Waals surface area contributed by atoms with Crippen LogP contribution < -0.4 is 10.6 Å². The van der Waals surface area contributed by atoms with Gasteiger partial charge in [0, 0.05) is 31.4 Å². The minimum atomic E-state index is -0.710. The molecule has 25 heavy (non-hydrogen) atoms. The first-order chi connectivity index (χ1) is 12.1. The van der Waals surface area contributed by atoms with Gasteiger partial charge in [-0.1, -0.05) is 18.2 Å². The van der Waals surface area contributed by atoms with Crippen molar-refractivity contribution in [2.75, 3.05) is 13.7 Å². The number of benzene rings is 1. The van der Waals surface area contributed by atoms with Crippen LogP contribution in [0.25, 0.3) is 0 Å². The number of methoxy groups -OCH3 is 1. The molecule has 0 bridgehead atoms. The summed E-state index contributed by atoms with van der Waals surface area (Å²) in [7, 11) is 1.31. The zero-order valence-corrected chi connectivity index (χ0v) is 13.8. The van der Waals surface area contributed by atoms with Crippen LogP contribution in [0.3, 0.4) is 0 Å². The SMILES string of the molecule is COC(=O)c1ccc(CNC(=O)C(=O)NCCc2ccccn2)cc1. The maximum Gasteiger partial charge on any atom is 0.337 e. The van der Waals surface area contributed by atoms with Crippen molar-refractivity contribution in [3.63, 3.8) is 0 Å². The molecule has 1 aromatic heterocycles. The van der Waals surface area contributed by atoms with Crippen molar-refractivity contribution in [2.45, 2.75) is 13.0 Å². The Morgan fingerprint density at radius 1 is 1.00 bits per heavy atom. The molecule has 2 rings (SSSR count). The van der Waals surface area contributed by atoms with E-state index < -0.39 is 17.8 Å². The summed E-state index contributed by atoms with van der Waals surface area (Å²) in [5, 5.41) is 5.07. The third kappa shape index (κ3) is 5.72. The van der Waals surface area contributed by atoms with Crippen molar-refractivity contribution in [1.82, 2.24) is 15.6 Å². The number of hydrogen-bond donors (Lipinski definition) is 2. The smallest absolute Gasteiger partial charge is 0.337 e. The highest BCUT2D eigenvalue weighted by Crippen LogP contribution is 2.05. The van der Waals surface area contributed by atoms with Gasteiger partial charge in [0.05, 0.1) is 12.7 Å². The van der Waals surface area contributed by atoms with E-state index in [9.17, 15) is 14.4 Å². The summed E-state index contributed by atoms with van der Waals surface area (Å²) in [4.78, 5) is 39.0. The molecule has 0 atom stereocenters. The molecule has 1 aromatic carbocycles. The summed E-state index contributed by atoms with van der Waals surface area (Å²) < 4.78 is 4.61. The summed E-state index contributed by atoms with van der Waals surface area (Å²) in [5.74, 6) is -1.83. The highest BCUT2D eigenvalue weighted by atomic mass is 16.5. The van der Waals surface area contributed by atoms with E-state index in [0.29, 0.717) is 18.5 Å². The minimum absolute atomic E-state index is 0.188. The van der Waals surface area contributed by atoms with E-state index in [1.165, 1.54) is 7.11 Å². The van der Waals surface area contributed by atoms with Crippen molar-refractivity contribution in [1.29, 1.82) is 0 Å². The highest BCUT2D eigenvalue weighted by Gasteiger charge is 2.12. The van der Waals surface area contributed by atoms with Crippen molar-refractivity contribution in [3.05, 3.63) is 65.5 Å². The molecule has 0 radical (unpaired) electrons. The summed E-state index contributed by atoms with van der Waals surface area (Å²) >= 11 is 0. The lowest BCUT2D eigenvalue weighted by molar-refractivity contribution is -0.139. The van der Waals surface area contributed by atoms with E-state index in [0.717, 1.165) is 11.3 Å². The van der Waals surface area contributed by atoms with Gasteiger partial charge in [0.1, 0.15) is 0 Å². The fourth-order valence-corrected chi connectivity index (χ4v) is 2.07. The van der Waals surface area contributed by atoms with Gasteiger partial charge in [0.25, 0.3) is 0 Å². The van der Waals surface area contributed by atoms with Crippen LogP contribution >= 0.6 is 0 Å². The van der Waals surface area contributed by atoms with Crippen LogP contribution in [-0.4, -0.2) is 36.4 Å². The van der Waals surface area contributed by atoms with Crippen LogP contribution in [0.4, 0.5) is 0 Å². The first-order valence-corrected chi connectivity index (χ1v) is 7.73. The van der Waals surface area contributed by atoms with Crippen molar-refractivity contribution in [3.8, 4) is 0 Å². The third-order valence-corrected chi connectivity index (χ3v) is 3.43. The van der Waals surface area contributed by atoms with Crippen LogP contribution in [0.15, 0.2) is 48.7 Å². The fourth-order valence-electron chi connectivity index (χ4n) is 2.07. The quantitative estimate of drug-likeness (QED) is 0.599. The van der Waals surface area contributed by atoms with Gasteiger partial charge in [-0.2, -0.15) is 0 Å². The Labute approximate surface area is 145 Å². The van der Waals surface area contributed by atoms with Gasteiger partial charge in [-0.3, -0.25) is 14.6 Å². The largest absolute Gasteiger partial charge is 0.465 e. The Bertz CT molecular complexity index is 730. The molecule has 2 amide bonds. The van der Waals surface area contributed by atoms with Gasteiger partial charge < -0.3 is 15.4 Å². The second kappa shape index (κ2) is 9.17. The maximum absolute atomic E-state index is 11.8. The lowest BCUT2D eigenvalue weighted by Gasteiger charge is -2.07. The highest BCUT2D eigenvalue weighted by molar-refractivity contribution is 6.35.